The van der Waals surface area contributed by atoms with Gasteiger partial charge in [-0.3, -0.25) is 47.1 Å². The molecular weight excluding hydrogens is 693 g/mol. The third-order valence-corrected chi connectivity index (χ3v) is 19.0. The molecule has 9 rings (SSSR count). The van der Waals surface area contributed by atoms with Crippen molar-refractivity contribution in [2.24, 2.45) is 53.1 Å². The van der Waals surface area contributed by atoms with E-state index in [0.717, 1.165) is 25.7 Å². The van der Waals surface area contributed by atoms with Gasteiger partial charge in [-0.05, 0) is 92.8 Å². The van der Waals surface area contributed by atoms with Gasteiger partial charge in [0.05, 0.1) is 54.6 Å². The van der Waals surface area contributed by atoms with Crippen LogP contribution in [0.2, 0.25) is 0 Å². The van der Waals surface area contributed by atoms with Gasteiger partial charge in [-0.25, -0.2) is 8.42 Å². The molecule has 9 fully saturated rings. The van der Waals surface area contributed by atoms with Crippen LogP contribution in [-0.2, 0) is 20.3 Å². The molecule has 0 aromatic rings. The van der Waals surface area contributed by atoms with Gasteiger partial charge < -0.3 is 5.73 Å². The van der Waals surface area contributed by atoms with Gasteiger partial charge >= 0.3 is 10.3 Å². The molecule has 0 spiro atoms. The van der Waals surface area contributed by atoms with E-state index in [4.69, 9.17) is 5.73 Å². The first-order valence-corrected chi connectivity index (χ1v) is 23.3. The van der Waals surface area contributed by atoms with Crippen molar-refractivity contribution in [1.29, 1.82) is 0 Å². The summed E-state index contributed by atoms with van der Waals surface area (Å²) in [6.45, 7) is -0.693. The summed E-state index contributed by atoms with van der Waals surface area (Å²) in [6.07, 6.45) is 16.6. The van der Waals surface area contributed by atoms with Crippen molar-refractivity contribution >= 4 is 20.3 Å². The van der Waals surface area contributed by atoms with Crippen LogP contribution in [0.3, 0.4) is 0 Å². The molecule has 4 aliphatic carbocycles. The van der Waals surface area contributed by atoms with Crippen LogP contribution in [0.1, 0.15) is 96.3 Å². The zero-order chi connectivity index (χ0) is 35.1. The van der Waals surface area contributed by atoms with Crippen molar-refractivity contribution < 1.29 is 21.4 Å². The number of hydrogen-bond donors (Lipinski definition) is 10. The Labute approximate surface area is 304 Å². The topological polar surface area (TPSA) is 214 Å². The highest BCUT2D eigenvalue weighted by Crippen LogP contribution is 2.47. The Morgan fingerprint density at radius 2 is 0.784 bits per heavy atom. The third kappa shape index (κ3) is 6.45. The van der Waals surface area contributed by atoms with E-state index in [1.165, 1.54) is 57.8 Å². The Hall–Kier alpha value is -0.540. The summed E-state index contributed by atoms with van der Waals surface area (Å²) >= 11 is 0. The number of hydrogen-bond acceptors (Lipinski definition) is 13. The van der Waals surface area contributed by atoms with Crippen LogP contribution < -0.4 is 48.3 Å². The molecule has 4 saturated carbocycles. The lowest BCUT2D eigenvalue weighted by molar-refractivity contribution is 0.168. The highest BCUT2D eigenvalue weighted by atomic mass is 32.3. The Balaban J connectivity index is 1.08. The Morgan fingerprint density at radius 3 is 1.12 bits per heavy atom. The van der Waals surface area contributed by atoms with Crippen molar-refractivity contribution in [3.05, 3.63) is 0 Å². The highest BCUT2D eigenvalue weighted by molar-refractivity contribution is 8.02. The molecule has 290 valence electrons. The van der Waals surface area contributed by atoms with E-state index in [0.29, 0.717) is 48.3 Å². The molecule has 0 radical (unpaired) electrons. The maximum atomic E-state index is 14.3. The van der Waals surface area contributed by atoms with Crippen LogP contribution in [0.4, 0.5) is 0 Å². The standard InChI is InChI=1S/C34H62N10O5S2/c35-16-17-44(51(47,48)49)50(45,46)25-15-7-14-24-26(25)34-42-32-23-13-6-5-12-22(23)30(40-32)38-28-19-9-2-1-8-18(19)27(36-28)37-29-20-10-3-4-11-21(20)31(39-29)41-33(24)43-34/h18-34,36-43H,1-17,35H2,(H,47,48,49). The summed E-state index contributed by atoms with van der Waals surface area (Å²) in [6, 6.07) is 0. The molecule has 9 aliphatic rings. The van der Waals surface area contributed by atoms with Crippen LogP contribution in [0.15, 0.2) is 0 Å². The van der Waals surface area contributed by atoms with E-state index < -0.39 is 38.0 Å². The van der Waals surface area contributed by atoms with Crippen LogP contribution in [0, 0.1) is 47.3 Å². The quantitative estimate of drug-likeness (QED) is 0.167. The number of fused-ring (bicyclic) bond motifs is 20. The molecule has 5 aliphatic heterocycles. The predicted octanol–water partition coefficient (Wildman–Crippen LogP) is -0.0226. The first-order chi connectivity index (χ1) is 24.6. The molecule has 11 N–H and O–H groups in total. The molecule has 0 aromatic heterocycles. The van der Waals surface area contributed by atoms with Gasteiger partial charge in [0.1, 0.15) is 0 Å². The van der Waals surface area contributed by atoms with Crippen LogP contribution in [-0.4, -0.2) is 92.8 Å². The van der Waals surface area contributed by atoms with Gasteiger partial charge in [0.15, 0.2) is 0 Å². The van der Waals surface area contributed by atoms with Crippen LogP contribution in [0.5, 0.6) is 0 Å². The summed E-state index contributed by atoms with van der Waals surface area (Å²) in [5.41, 5.74) is 5.70. The van der Waals surface area contributed by atoms with Gasteiger partial charge in [-0.1, -0.05) is 48.7 Å². The molecule has 5 saturated heterocycles. The molecule has 17 heteroatoms. The molecule has 0 aromatic carbocycles. The lowest BCUT2D eigenvalue weighted by atomic mass is 9.76. The van der Waals surface area contributed by atoms with E-state index in [9.17, 15) is 21.4 Å². The van der Waals surface area contributed by atoms with E-state index in [2.05, 4.69) is 42.5 Å². The van der Waals surface area contributed by atoms with Crippen molar-refractivity contribution in [3.8, 4) is 0 Å². The highest BCUT2D eigenvalue weighted by Gasteiger charge is 2.58. The van der Waals surface area contributed by atoms with Crippen molar-refractivity contribution in [1.82, 2.24) is 46.2 Å². The van der Waals surface area contributed by atoms with E-state index in [1.54, 1.807) is 0 Å². The number of rotatable bonds is 5. The summed E-state index contributed by atoms with van der Waals surface area (Å²) < 4.78 is 64.1. The first-order valence-electron chi connectivity index (χ1n) is 20.4. The largest absolute Gasteiger partial charge is 0.349 e. The Bertz CT molecular complexity index is 1490. The summed E-state index contributed by atoms with van der Waals surface area (Å²) in [7, 11) is -9.49. The minimum Gasteiger partial charge on any atom is -0.329 e. The molecule has 8 bridgehead atoms. The van der Waals surface area contributed by atoms with E-state index in [1.807, 2.05) is 0 Å². The number of nitrogens with two attached hydrogens (primary N) is 1. The van der Waals surface area contributed by atoms with Crippen molar-refractivity contribution in [2.45, 2.75) is 151 Å². The molecule has 15 nitrogen and oxygen atoms in total. The molecule has 17 atom stereocenters. The molecule has 5 heterocycles. The summed E-state index contributed by atoms with van der Waals surface area (Å²) in [4.78, 5) is 0. The average molecular weight is 755 g/mol. The van der Waals surface area contributed by atoms with Crippen LogP contribution >= 0.6 is 0 Å². The zero-order valence-electron chi connectivity index (χ0n) is 29.8. The predicted molar refractivity (Wildman–Crippen MR) is 193 cm³/mol. The lowest BCUT2D eigenvalue weighted by Crippen LogP contribution is -2.62. The van der Waals surface area contributed by atoms with Crippen molar-refractivity contribution in [2.75, 3.05) is 13.1 Å². The van der Waals surface area contributed by atoms with E-state index >= 15 is 0 Å². The zero-order valence-corrected chi connectivity index (χ0v) is 31.4. The number of nitrogens with one attached hydrogen (secondary N) is 8. The normalized spacial score (nSPS) is 50.0. The minimum atomic E-state index is -5.03. The maximum absolute atomic E-state index is 14.3. The fraction of sp³-hybridized carbons (Fsp3) is 1.00. The molecule has 0 amide bonds. The third-order valence-electron chi connectivity index (χ3n) is 15.1. The number of nitrogens with zero attached hydrogens (tertiary/aromatic N) is 1. The fourth-order valence-electron chi connectivity index (χ4n) is 13.0. The minimum absolute atomic E-state index is 0.0289. The first kappa shape index (κ1) is 36.1. The Morgan fingerprint density at radius 1 is 0.471 bits per heavy atom. The summed E-state index contributed by atoms with van der Waals surface area (Å²) in [5.74, 6) is 2.53. The van der Waals surface area contributed by atoms with Crippen molar-refractivity contribution in [3.63, 3.8) is 0 Å². The second kappa shape index (κ2) is 14.2. The van der Waals surface area contributed by atoms with Gasteiger partial charge in [-0.15, -0.1) is 0 Å². The van der Waals surface area contributed by atoms with Gasteiger partial charge in [0, 0.05) is 19.0 Å². The van der Waals surface area contributed by atoms with Gasteiger partial charge in [0.2, 0.25) is 10.0 Å². The maximum Gasteiger partial charge on any atom is 0.349 e. The second-order valence-electron chi connectivity index (χ2n) is 17.5. The average Bonchev–Trinajstić information content (AvgIpc) is 3.85. The van der Waals surface area contributed by atoms with E-state index in [-0.39, 0.29) is 65.5 Å². The van der Waals surface area contributed by atoms with Gasteiger partial charge in [0.25, 0.3) is 0 Å². The Kier molecular flexibility index (Phi) is 10.1. The summed E-state index contributed by atoms with van der Waals surface area (Å²) in [5, 5.41) is 31.3. The molecule has 17 unspecified atom stereocenters. The van der Waals surface area contributed by atoms with Crippen LogP contribution in [0.25, 0.3) is 0 Å². The number of sulfonamides is 1. The second-order valence-corrected chi connectivity index (χ2v) is 21.2. The molecular formula is C34H62N10O5S2. The smallest absolute Gasteiger partial charge is 0.329 e. The van der Waals surface area contributed by atoms with Gasteiger partial charge in [-0.2, -0.15) is 8.42 Å². The monoisotopic (exact) mass is 754 g/mol. The SMILES string of the molecule is NCCN(S(=O)(=O)O)S(=O)(=O)C1CCCC2C3NC4NC(NC5NC(NC6NC(NC(N3)C21)C1CCCCC61)C1CCCCC51)C1CCCCC41. The molecule has 51 heavy (non-hydrogen) atoms. The fourth-order valence-corrected chi connectivity index (χ4v) is 16.6. The lowest BCUT2D eigenvalue weighted by Gasteiger charge is -2.40.